The highest BCUT2D eigenvalue weighted by atomic mass is 127. The maximum atomic E-state index is 13.1. The lowest BCUT2D eigenvalue weighted by Crippen LogP contribution is -2.47. The van der Waals surface area contributed by atoms with Crippen molar-refractivity contribution in [2.45, 2.75) is 25.7 Å². The molecule has 0 aliphatic carbocycles. The van der Waals surface area contributed by atoms with Gasteiger partial charge in [-0.3, -0.25) is 9.79 Å². The first-order chi connectivity index (χ1) is 12.7. The van der Waals surface area contributed by atoms with E-state index in [1.807, 2.05) is 42.3 Å². The van der Waals surface area contributed by atoms with Crippen molar-refractivity contribution in [3.63, 3.8) is 0 Å². The fourth-order valence-electron chi connectivity index (χ4n) is 3.12. The van der Waals surface area contributed by atoms with Gasteiger partial charge in [-0.15, -0.1) is 24.0 Å². The first-order valence-corrected chi connectivity index (χ1v) is 9.50. The number of hydrogen-bond acceptors (Lipinski definition) is 3. The Morgan fingerprint density at radius 2 is 1.96 bits per heavy atom. The predicted molar refractivity (Wildman–Crippen MR) is 121 cm³/mol. The van der Waals surface area contributed by atoms with Gasteiger partial charge in [-0.25, -0.2) is 0 Å². The molecule has 0 radical (unpaired) electrons. The lowest BCUT2D eigenvalue weighted by atomic mass is 9.97. The number of morpholine rings is 1. The molecule has 1 aromatic carbocycles. The van der Waals surface area contributed by atoms with Crippen LogP contribution in [0.2, 0.25) is 0 Å². The minimum atomic E-state index is -0.231. The molecule has 1 saturated heterocycles. The number of nitrogens with zero attached hydrogens (tertiary/aromatic N) is 3. The maximum absolute atomic E-state index is 13.1. The van der Waals surface area contributed by atoms with Crippen molar-refractivity contribution in [2.75, 3.05) is 53.5 Å². The summed E-state index contributed by atoms with van der Waals surface area (Å²) in [4.78, 5) is 21.5. The van der Waals surface area contributed by atoms with E-state index in [2.05, 4.69) is 22.1 Å². The molecule has 1 amide bonds. The Balaban J connectivity index is 0.00000364. The number of ether oxygens (including phenoxy) is 1. The van der Waals surface area contributed by atoms with Gasteiger partial charge >= 0.3 is 0 Å². The van der Waals surface area contributed by atoms with E-state index in [0.29, 0.717) is 32.8 Å². The highest BCUT2D eigenvalue weighted by molar-refractivity contribution is 14.0. The molecule has 1 N–H and O–H groups in total. The van der Waals surface area contributed by atoms with Crippen LogP contribution < -0.4 is 5.32 Å². The lowest BCUT2D eigenvalue weighted by molar-refractivity contribution is -0.136. The van der Waals surface area contributed by atoms with Crippen molar-refractivity contribution in [2.24, 2.45) is 4.99 Å². The number of halogens is 1. The van der Waals surface area contributed by atoms with Crippen LogP contribution in [0.3, 0.4) is 0 Å². The monoisotopic (exact) mass is 488 g/mol. The number of carbonyl (C=O) groups is 1. The number of rotatable bonds is 7. The van der Waals surface area contributed by atoms with Crippen LogP contribution in [-0.4, -0.2) is 75.2 Å². The van der Waals surface area contributed by atoms with Gasteiger partial charge in [-0.1, -0.05) is 43.7 Å². The molecule has 152 valence electrons. The number of hydrogen-bond donors (Lipinski definition) is 1. The molecule has 1 aromatic rings. The molecule has 0 spiro atoms. The second-order valence-corrected chi connectivity index (χ2v) is 6.60. The first-order valence-electron chi connectivity index (χ1n) is 9.50. The predicted octanol–water partition coefficient (Wildman–Crippen LogP) is 2.55. The molecule has 1 fully saturated rings. The first kappa shape index (κ1) is 23.7. The minimum Gasteiger partial charge on any atom is -0.378 e. The molecule has 2 rings (SSSR count). The zero-order chi connectivity index (χ0) is 18.8. The van der Waals surface area contributed by atoms with Crippen LogP contribution in [0.25, 0.3) is 0 Å². The van der Waals surface area contributed by atoms with Gasteiger partial charge in [0, 0.05) is 40.3 Å². The van der Waals surface area contributed by atoms with Gasteiger partial charge in [0.2, 0.25) is 5.91 Å². The number of aliphatic imine (C=N–C) groups is 1. The van der Waals surface area contributed by atoms with Gasteiger partial charge in [0.15, 0.2) is 5.96 Å². The van der Waals surface area contributed by atoms with Crippen molar-refractivity contribution in [3.05, 3.63) is 35.9 Å². The standard InChI is InChI=1S/C20H32N4O2.HI/c1-4-5-11-23(3)20(21-2)22-16-18(17-9-7-6-8-10-17)19(25)24-12-14-26-15-13-24;/h6-10,18H,4-5,11-16H2,1-3H3,(H,21,22);1H. The molecular formula is C20H33IN4O2. The fraction of sp³-hybridized carbons (Fsp3) is 0.600. The van der Waals surface area contributed by atoms with E-state index in [-0.39, 0.29) is 35.8 Å². The molecule has 0 aromatic heterocycles. The Bertz CT molecular complexity index is 577. The maximum Gasteiger partial charge on any atom is 0.232 e. The Morgan fingerprint density at radius 1 is 1.30 bits per heavy atom. The van der Waals surface area contributed by atoms with Crippen LogP contribution in [0.1, 0.15) is 31.2 Å². The Morgan fingerprint density at radius 3 is 2.56 bits per heavy atom. The summed E-state index contributed by atoms with van der Waals surface area (Å²) in [7, 11) is 3.82. The van der Waals surface area contributed by atoms with Crippen LogP contribution in [0.5, 0.6) is 0 Å². The van der Waals surface area contributed by atoms with E-state index in [1.54, 1.807) is 7.05 Å². The van der Waals surface area contributed by atoms with Gasteiger partial charge in [-0.05, 0) is 12.0 Å². The summed E-state index contributed by atoms with van der Waals surface area (Å²) in [6.07, 6.45) is 2.26. The number of unbranched alkanes of at least 4 members (excludes halogenated alkanes) is 1. The SMILES string of the molecule is CCCCN(C)C(=NC)NCC(C(=O)N1CCOCC1)c1ccccc1.I. The molecule has 27 heavy (non-hydrogen) atoms. The zero-order valence-electron chi connectivity index (χ0n) is 16.7. The Labute approximate surface area is 180 Å². The van der Waals surface area contributed by atoms with Gasteiger partial charge in [-0.2, -0.15) is 0 Å². The Hall–Kier alpha value is -1.35. The molecule has 1 unspecified atom stereocenters. The van der Waals surface area contributed by atoms with E-state index in [4.69, 9.17) is 4.74 Å². The van der Waals surface area contributed by atoms with Gasteiger partial charge in [0.25, 0.3) is 0 Å². The third kappa shape index (κ3) is 7.29. The van der Waals surface area contributed by atoms with Crippen LogP contribution >= 0.6 is 24.0 Å². The summed E-state index contributed by atoms with van der Waals surface area (Å²) in [5.74, 6) is 0.749. The molecule has 1 aliphatic rings. The number of benzene rings is 1. The quantitative estimate of drug-likeness (QED) is 0.364. The van der Waals surface area contributed by atoms with Crippen molar-refractivity contribution in [1.82, 2.24) is 15.1 Å². The van der Waals surface area contributed by atoms with E-state index >= 15 is 0 Å². The molecule has 1 aliphatic heterocycles. The summed E-state index contributed by atoms with van der Waals surface area (Å²) >= 11 is 0. The molecule has 0 saturated carbocycles. The summed E-state index contributed by atoms with van der Waals surface area (Å²) in [5, 5.41) is 3.39. The second-order valence-electron chi connectivity index (χ2n) is 6.60. The van der Waals surface area contributed by atoms with Gasteiger partial charge in [0.1, 0.15) is 0 Å². The summed E-state index contributed by atoms with van der Waals surface area (Å²) < 4.78 is 5.38. The van der Waals surface area contributed by atoms with Crippen molar-refractivity contribution in [1.29, 1.82) is 0 Å². The van der Waals surface area contributed by atoms with Crippen LogP contribution in [0, 0.1) is 0 Å². The fourth-order valence-corrected chi connectivity index (χ4v) is 3.12. The normalized spacial score (nSPS) is 15.7. The Kier molecular flexibility index (Phi) is 11.3. The average molecular weight is 488 g/mol. The van der Waals surface area contributed by atoms with Crippen molar-refractivity contribution >= 4 is 35.8 Å². The van der Waals surface area contributed by atoms with Gasteiger partial charge < -0.3 is 19.9 Å². The molecule has 1 atom stereocenters. The molecular weight excluding hydrogens is 455 g/mol. The van der Waals surface area contributed by atoms with Crippen LogP contribution in [0.15, 0.2) is 35.3 Å². The lowest BCUT2D eigenvalue weighted by Gasteiger charge is -2.31. The van der Waals surface area contributed by atoms with E-state index < -0.39 is 0 Å². The highest BCUT2D eigenvalue weighted by Gasteiger charge is 2.27. The number of guanidine groups is 1. The smallest absolute Gasteiger partial charge is 0.232 e. The van der Waals surface area contributed by atoms with E-state index in [0.717, 1.165) is 30.9 Å². The molecule has 7 heteroatoms. The van der Waals surface area contributed by atoms with Crippen molar-refractivity contribution in [3.8, 4) is 0 Å². The summed E-state index contributed by atoms with van der Waals surface area (Å²) in [5.41, 5.74) is 1.03. The van der Waals surface area contributed by atoms with E-state index in [9.17, 15) is 4.79 Å². The van der Waals surface area contributed by atoms with Crippen LogP contribution in [0.4, 0.5) is 0 Å². The summed E-state index contributed by atoms with van der Waals surface area (Å²) in [6, 6.07) is 9.99. The average Bonchev–Trinajstić information content (AvgIpc) is 2.70. The largest absolute Gasteiger partial charge is 0.378 e. The van der Waals surface area contributed by atoms with E-state index in [1.165, 1.54) is 0 Å². The molecule has 6 nitrogen and oxygen atoms in total. The van der Waals surface area contributed by atoms with Crippen LogP contribution in [-0.2, 0) is 9.53 Å². The van der Waals surface area contributed by atoms with Gasteiger partial charge in [0.05, 0.1) is 19.1 Å². The van der Waals surface area contributed by atoms with Crippen molar-refractivity contribution < 1.29 is 9.53 Å². The molecule has 1 heterocycles. The minimum absolute atomic E-state index is 0. The summed E-state index contributed by atoms with van der Waals surface area (Å²) in [6.45, 7) is 6.20. The zero-order valence-corrected chi connectivity index (χ0v) is 19.0. The highest BCUT2D eigenvalue weighted by Crippen LogP contribution is 2.19. The topological polar surface area (TPSA) is 57.2 Å². The second kappa shape index (κ2) is 12.9. The number of nitrogens with one attached hydrogen (secondary N) is 1. The molecule has 0 bridgehead atoms. The third-order valence-electron chi connectivity index (χ3n) is 4.71. The third-order valence-corrected chi connectivity index (χ3v) is 4.71. The number of amides is 1. The number of carbonyl (C=O) groups excluding carboxylic acids is 1.